The van der Waals surface area contributed by atoms with Crippen LogP contribution in [-0.2, 0) is 4.74 Å². The van der Waals surface area contributed by atoms with Crippen molar-refractivity contribution in [2.45, 2.75) is 9.79 Å². The quantitative estimate of drug-likeness (QED) is 0.688. The molecule has 0 radical (unpaired) electrons. The number of pyridine rings is 1. The summed E-state index contributed by atoms with van der Waals surface area (Å²) in [5.74, 6) is -0.438. The molecule has 20 heavy (non-hydrogen) atoms. The Labute approximate surface area is 120 Å². The molecule has 1 heterocycles. The van der Waals surface area contributed by atoms with Gasteiger partial charge >= 0.3 is 5.97 Å². The number of esters is 1. The van der Waals surface area contributed by atoms with E-state index in [0.717, 1.165) is 4.90 Å². The average molecular weight is 285 g/mol. The molecule has 1 aromatic heterocycles. The molecule has 1 aromatic carbocycles. The number of nitrogens with two attached hydrogens (primary N) is 1. The Balaban J connectivity index is 2.31. The number of carbonyl (C=O) groups is 1. The number of rotatable bonds is 3. The van der Waals surface area contributed by atoms with Crippen LogP contribution in [-0.4, -0.2) is 18.1 Å². The molecule has 0 unspecified atom stereocenters. The van der Waals surface area contributed by atoms with Crippen molar-refractivity contribution in [1.29, 1.82) is 5.26 Å². The molecular formula is C14H11N3O2S. The predicted molar refractivity (Wildman–Crippen MR) is 75.3 cm³/mol. The summed E-state index contributed by atoms with van der Waals surface area (Å²) in [5.41, 5.74) is 7.29. The number of nitrogens with zero attached hydrogens (tertiary/aromatic N) is 2. The fourth-order valence-corrected chi connectivity index (χ4v) is 2.45. The van der Waals surface area contributed by atoms with Crippen LogP contribution in [0.5, 0.6) is 0 Å². The highest BCUT2D eigenvalue weighted by Gasteiger charge is 2.10. The number of aromatic nitrogens is 1. The van der Waals surface area contributed by atoms with Crippen molar-refractivity contribution in [3.8, 4) is 6.07 Å². The first-order valence-corrected chi connectivity index (χ1v) is 6.47. The van der Waals surface area contributed by atoms with Crippen LogP contribution in [0.4, 0.5) is 5.69 Å². The third kappa shape index (κ3) is 2.90. The Hall–Kier alpha value is -2.52. The van der Waals surface area contributed by atoms with E-state index in [4.69, 9.17) is 11.0 Å². The number of nitriles is 1. The Kier molecular flexibility index (Phi) is 4.23. The molecule has 0 saturated heterocycles. The lowest BCUT2D eigenvalue weighted by molar-refractivity contribution is 0.0600. The summed E-state index contributed by atoms with van der Waals surface area (Å²) in [4.78, 5) is 16.9. The molecule has 5 nitrogen and oxygen atoms in total. The van der Waals surface area contributed by atoms with Gasteiger partial charge in [-0.25, -0.2) is 4.79 Å². The summed E-state index contributed by atoms with van der Waals surface area (Å²) >= 11 is 1.33. The number of nitrogen functional groups attached to an aromatic ring is 1. The predicted octanol–water partition coefficient (Wildman–Crippen LogP) is 2.47. The molecule has 6 heteroatoms. The molecule has 0 aliphatic rings. The zero-order valence-corrected chi connectivity index (χ0v) is 11.5. The molecular weight excluding hydrogens is 274 g/mol. The minimum atomic E-state index is -0.438. The van der Waals surface area contributed by atoms with Crippen molar-refractivity contribution in [3.63, 3.8) is 0 Å². The van der Waals surface area contributed by atoms with Gasteiger partial charge in [-0.15, -0.1) is 0 Å². The van der Waals surface area contributed by atoms with Gasteiger partial charge in [0.2, 0.25) is 0 Å². The SMILES string of the molecule is COC(=O)c1ccc(Sc2cnccc2C#N)c(N)c1. The molecule has 100 valence electrons. The molecule has 0 bridgehead atoms. The first-order chi connectivity index (χ1) is 9.65. The third-order valence-corrected chi connectivity index (χ3v) is 3.69. The Morgan fingerprint density at radius 2 is 2.20 bits per heavy atom. The zero-order chi connectivity index (χ0) is 14.5. The minimum absolute atomic E-state index is 0.390. The van der Waals surface area contributed by atoms with Crippen molar-refractivity contribution >= 4 is 23.4 Å². The molecule has 2 N–H and O–H groups in total. The standard InChI is InChI=1S/C14H11N3O2S/c1-19-14(18)9-2-3-12(11(16)6-9)20-13-8-17-5-4-10(13)7-15/h2-6,8H,16H2,1H3. The summed E-state index contributed by atoms with van der Waals surface area (Å²) in [5, 5.41) is 9.03. The number of carbonyl (C=O) groups excluding carboxylic acids is 1. The monoisotopic (exact) mass is 285 g/mol. The fourth-order valence-electron chi connectivity index (χ4n) is 1.56. The van der Waals surface area contributed by atoms with E-state index in [2.05, 4.69) is 15.8 Å². The second-order valence-electron chi connectivity index (χ2n) is 3.83. The van der Waals surface area contributed by atoms with Crippen LogP contribution in [0.2, 0.25) is 0 Å². The number of hydrogen-bond donors (Lipinski definition) is 1. The molecule has 0 aliphatic carbocycles. The molecule has 2 aromatic rings. The minimum Gasteiger partial charge on any atom is -0.465 e. The smallest absolute Gasteiger partial charge is 0.337 e. The van der Waals surface area contributed by atoms with Gasteiger partial charge in [0.25, 0.3) is 0 Å². The maximum atomic E-state index is 11.4. The first-order valence-electron chi connectivity index (χ1n) is 5.65. The number of anilines is 1. The van der Waals surface area contributed by atoms with Gasteiger partial charge in [0.05, 0.1) is 18.2 Å². The fraction of sp³-hybridized carbons (Fsp3) is 0.0714. The van der Waals surface area contributed by atoms with E-state index in [0.29, 0.717) is 21.7 Å². The van der Waals surface area contributed by atoms with E-state index >= 15 is 0 Å². The van der Waals surface area contributed by atoms with Crippen LogP contribution >= 0.6 is 11.8 Å². The van der Waals surface area contributed by atoms with Crippen molar-refractivity contribution in [2.75, 3.05) is 12.8 Å². The van der Waals surface area contributed by atoms with Gasteiger partial charge in [-0.05, 0) is 24.3 Å². The second-order valence-corrected chi connectivity index (χ2v) is 4.91. The van der Waals surface area contributed by atoms with Crippen molar-refractivity contribution in [3.05, 3.63) is 47.8 Å². The maximum Gasteiger partial charge on any atom is 0.337 e. The highest BCUT2D eigenvalue weighted by atomic mass is 32.2. The van der Waals surface area contributed by atoms with Gasteiger partial charge in [-0.1, -0.05) is 11.8 Å². The van der Waals surface area contributed by atoms with Crippen LogP contribution in [0.25, 0.3) is 0 Å². The van der Waals surface area contributed by atoms with Crippen LogP contribution in [0, 0.1) is 11.3 Å². The Morgan fingerprint density at radius 3 is 2.85 bits per heavy atom. The number of methoxy groups -OCH3 is 1. The van der Waals surface area contributed by atoms with Gasteiger partial charge < -0.3 is 10.5 Å². The average Bonchev–Trinajstić information content (AvgIpc) is 2.49. The van der Waals surface area contributed by atoms with Gasteiger partial charge in [0.1, 0.15) is 6.07 Å². The Bertz CT molecular complexity index is 695. The van der Waals surface area contributed by atoms with Crippen molar-refractivity contribution in [1.82, 2.24) is 4.98 Å². The Morgan fingerprint density at radius 1 is 1.40 bits per heavy atom. The number of benzene rings is 1. The summed E-state index contributed by atoms with van der Waals surface area (Å²) in [6, 6.07) is 8.65. The van der Waals surface area contributed by atoms with E-state index in [1.165, 1.54) is 18.9 Å². The maximum absolute atomic E-state index is 11.4. The molecule has 2 rings (SSSR count). The van der Waals surface area contributed by atoms with Gasteiger partial charge in [0.15, 0.2) is 0 Å². The second kappa shape index (κ2) is 6.08. The zero-order valence-electron chi connectivity index (χ0n) is 10.7. The molecule has 0 spiro atoms. The molecule has 0 saturated carbocycles. The topological polar surface area (TPSA) is 89.0 Å². The van der Waals surface area contributed by atoms with Crippen LogP contribution in [0.3, 0.4) is 0 Å². The van der Waals surface area contributed by atoms with Gasteiger partial charge in [0, 0.05) is 27.9 Å². The highest BCUT2D eigenvalue weighted by Crippen LogP contribution is 2.33. The van der Waals surface area contributed by atoms with Crippen LogP contribution in [0.15, 0.2) is 46.5 Å². The lowest BCUT2D eigenvalue weighted by atomic mass is 10.2. The first kappa shape index (κ1) is 13.9. The van der Waals surface area contributed by atoms with E-state index in [1.54, 1.807) is 36.7 Å². The van der Waals surface area contributed by atoms with Crippen LogP contribution in [0.1, 0.15) is 15.9 Å². The highest BCUT2D eigenvalue weighted by molar-refractivity contribution is 7.99. The van der Waals surface area contributed by atoms with Gasteiger partial charge in [-0.3, -0.25) is 4.98 Å². The van der Waals surface area contributed by atoms with Crippen molar-refractivity contribution < 1.29 is 9.53 Å². The largest absolute Gasteiger partial charge is 0.465 e. The third-order valence-electron chi connectivity index (χ3n) is 2.56. The normalized spacial score (nSPS) is 9.80. The summed E-state index contributed by atoms with van der Waals surface area (Å²) in [7, 11) is 1.32. The summed E-state index contributed by atoms with van der Waals surface area (Å²) < 4.78 is 4.63. The van der Waals surface area contributed by atoms with E-state index in [-0.39, 0.29) is 0 Å². The number of hydrogen-bond acceptors (Lipinski definition) is 6. The lowest BCUT2D eigenvalue weighted by Gasteiger charge is -2.08. The van der Waals surface area contributed by atoms with Crippen LogP contribution < -0.4 is 5.73 Å². The van der Waals surface area contributed by atoms with Gasteiger partial charge in [-0.2, -0.15) is 5.26 Å². The van der Waals surface area contributed by atoms with E-state index in [1.807, 2.05) is 0 Å². The molecule has 0 atom stereocenters. The molecule has 0 aliphatic heterocycles. The number of ether oxygens (including phenoxy) is 1. The molecule has 0 amide bonds. The lowest BCUT2D eigenvalue weighted by Crippen LogP contribution is -2.02. The molecule has 0 fully saturated rings. The summed E-state index contributed by atoms with van der Waals surface area (Å²) in [6.45, 7) is 0. The van der Waals surface area contributed by atoms with E-state index in [9.17, 15) is 4.79 Å². The summed E-state index contributed by atoms with van der Waals surface area (Å²) in [6.07, 6.45) is 3.17. The van der Waals surface area contributed by atoms with E-state index < -0.39 is 5.97 Å². The van der Waals surface area contributed by atoms with Crippen molar-refractivity contribution in [2.24, 2.45) is 0 Å².